The van der Waals surface area contributed by atoms with Gasteiger partial charge in [0.2, 0.25) is 0 Å². The largest absolute Gasteiger partial charge is 0.497 e. The molecule has 0 atom stereocenters. The number of nitrogens with zero attached hydrogens (tertiary/aromatic N) is 1. The maximum atomic E-state index is 13.2. The molecule has 1 aliphatic carbocycles. The van der Waals surface area contributed by atoms with E-state index < -0.39 is 5.63 Å². The van der Waals surface area contributed by atoms with Crippen LogP contribution in [0.15, 0.2) is 57.7 Å². The van der Waals surface area contributed by atoms with Crippen LogP contribution in [-0.4, -0.2) is 31.1 Å². The average molecular weight is 379 g/mol. The van der Waals surface area contributed by atoms with Gasteiger partial charge >= 0.3 is 5.63 Å². The van der Waals surface area contributed by atoms with Crippen molar-refractivity contribution in [1.82, 2.24) is 4.90 Å². The molecule has 0 N–H and O–H groups in total. The van der Waals surface area contributed by atoms with Crippen LogP contribution in [-0.2, 0) is 6.54 Å². The number of carbonyl (C=O) groups is 1. The van der Waals surface area contributed by atoms with Gasteiger partial charge < -0.3 is 18.8 Å². The zero-order valence-corrected chi connectivity index (χ0v) is 15.8. The second-order valence-electron chi connectivity index (χ2n) is 6.83. The predicted octanol–water partition coefficient (Wildman–Crippen LogP) is 3.62. The highest BCUT2D eigenvalue weighted by Gasteiger charge is 2.35. The minimum Gasteiger partial charge on any atom is -0.497 e. The fraction of sp³-hybridized carbons (Fsp3) is 0.273. The fourth-order valence-corrected chi connectivity index (χ4v) is 3.28. The highest BCUT2D eigenvalue weighted by molar-refractivity contribution is 5.97. The molecule has 4 rings (SSSR count). The third-order valence-electron chi connectivity index (χ3n) is 4.96. The van der Waals surface area contributed by atoms with E-state index >= 15 is 0 Å². The Morgan fingerprint density at radius 3 is 2.61 bits per heavy atom. The van der Waals surface area contributed by atoms with E-state index in [1.165, 1.54) is 0 Å². The van der Waals surface area contributed by atoms with Crippen molar-refractivity contribution in [1.29, 1.82) is 0 Å². The van der Waals surface area contributed by atoms with Gasteiger partial charge in [0.1, 0.15) is 22.6 Å². The first kappa shape index (κ1) is 18.1. The van der Waals surface area contributed by atoms with Crippen LogP contribution in [0.2, 0.25) is 0 Å². The quantitative estimate of drug-likeness (QED) is 0.612. The van der Waals surface area contributed by atoms with E-state index in [1.54, 1.807) is 43.4 Å². The van der Waals surface area contributed by atoms with Crippen LogP contribution in [0.1, 0.15) is 28.8 Å². The first-order valence-electron chi connectivity index (χ1n) is 9.15. The van der Waals surface area contributed by atoms with Crippen molar-refractivity contribution in [3.05, 3.63) is 70.1 Å². The minimum atomic E-state index is -0.615. The Hall–Kier alpha value is -3.28. The molecule has 0 bridgehead atoms. The van der Waals surface area contributed by atoms with E-state index in [2.05, 4.69) is 0 Å². The number of carbonyl (C=O) groups excluding carboxylic acids is 1. The number of rotatable bonds is 6. The van der Waals surface area contributed by atoms with Crippen molar-refractivity contribution in [2.45, 2.75) is 25.4 Å². The molecular weight excluding hydrogens is 358 g/mol. The van der Waals surface area contributed by atoms with E-state index in [0.29, 0.717) is 23.6 Å². The first-order chi connectivity index (χ1) is 13.6. The summed E-state index contributed by atoms with van der Waals surface area (Å²) < 4.78 is 16.0. The molecule has 3 aromatic rings. The van der Waals surface area contributed by atoms with Crippen LogP contribution in [0.25, 0.3) is 11.0 Å². The fourth-order valence-electron chi connectivity index (χ4n) is 3.28. The maximum Gasteiger partial charge on any atom is 0.349 e. The summed E-state index contributed by atoms with van der Waals surface area (Å²) >= 11 is 0. The number of benzene rings is 2. The molecule has 1 fully saturated rings. The summed E-state index contributed by atoms with van der Waals surface area (Å²) in [6, 6.07) is 14.4. The van der Waals surface area contributed by atoms with Crippen LogP contribution in [0.5, 0.6) is 11.5 Å². The van der Waals surface area contributed by atoms with Gasteiger partial charge in [-0.25, -0.2) is 4.79 Å². The molecule has 1 heterocycles. The lowest BCUT2D eigenvalue weighted by atomic mass is 10.1. The van der Waals surface area contributed by atoms with Crippen molar-refractivity contribution < 1.29 is 18.7 Å². The molecule has 0 saturated heterocycles. The van der Waals surface area contributed by atoms with Gasteiger partial charge in [-0.15, -0.1) is 0 Å². The molecular formula is C22H21NO5. The molecule has 6 nitrogen and oxygen atoms in total. The summed E-state index contributed by atoms with van der Waals surface area (Å²) in [7, 11) is 3.17. The Kier molecular flexibility index (Phi) is 4.77. The standard InChI is InChI=1S/C22H21NO5/c1-26-17-10-7-15(20(12-17)27-2)13-23(16-8-9-16)21(24)18-11-14-5-3-4-6-19(14)28-22(18)25/h3-7,10-12,16H,8-9,13H2,1-2H3. The molecule has 2 aromatic carbocycles. The van der Waals surface area contributed by atoms with Crippen LogP contribution in [0, 0.1) is 0 Å². The van der Waals surface area contributed by atoms with Crippen molar-refractivity contribution >= 4 is 16.9 Å². The number of hydrogen-bond donors (Lipinski definition) is 0. The summed E-state index contributed by atoms with van der Waals surface area (Å²) in [5.41, 5.74) is 0.765. The van der Waals surface area contributed by atoms with Gasteiger partial charge in [0.05, 0.1) is 14.2 Å². The summed E-state index contributed by atoms with van der Waals surface area (Å²) in [5.74, 6) is 1.00. The number of fused-ring (bicyclic) bond motifs is 1. The van der Waals surface area contributed by atoms with E-state index in [0.717, 1.165) is 23.8 Å². The summed E-state index contributed by atoms with van der Waals surface area (Å²) in [5, 5.41) is 0.725. The van der Waals surface area contributed by atoms with Gasteiger partial charge in [0, 0.05) is 29.6 Å². The summed E-state index contributed by atoms with van der Waals surface area (Å²) in [6.07, 6.45) is 1.84. The molecule has 1 saturated carbocycles. The number of hydrogen-bond acceptors (Lipinski definition) is 5. The normalized spacial score (nSPS) is 13.4. The van der Waals surface area contributed by atoms with E-state index in [9.17, 15) is 9.59 Å². The summed E-state index contributed by atoms with van der Waals surface area (Å²) in [4.78, 5) is 27.4. The highest BCUT2D eigenvalue weighted by atomic mass is 16.5. The molecule has 0 spiro atoms. The Labute approximate surface area is 162 Å². The molecule has 0 radical (unpaired) electrons. The van der Waals surface area contributed by atoms with E-state index in [4.69, 9.17) is 13.9 Å². The third kappa shape index (κ3) is 3.45. The molecule has 1 aliphatic rings. The molecule has 1 amide bonds. The second kappa shape index (κ2) is 7.38. The van der Waals surface area contributed by atoms with Gasteiger partial charge in [0.15, 0.2) is 0 Å². The third-order valence-corrected chi connectivity index (χ3v) is 4.96. The zero-order valence-electron chi connectivity index (χ0n) is 15.8. The lowest BCUT2D eigenvalue weighted by molar-refractivity contribution is 0.0724. The Bertz CT molecular complexity index is 1080. The molecule has 28 heavy (non-hydrogen) atoms. The van der Waals surface area contributed by atoms with E-state index in [-0.39, 0.29) is 17.5 Å². The van der Waals surface area contributed by atoms with Crippen LogP contribution < -0.4 is 15.1 Å². The molecule has 1 aromatic heterocycles. The van der Waals surface area contributed by atoms with Gasteiger partial charge in [-0.05, 0) is 37.1 Å². The van der Waals surface area contributed by atoms with Gasteiger partial charge in [-0.1, -0.05) is 18.2 Å². The highest BCUT2D eigenvalue weighted by Crippen LogP contribution is 2.33. The Morgan fingerprint density at radius 1 is 1.11 bits per heavy atom. The average Bonchev–Trinajstić information content (AvgIpc) is 3.56. The van der Waals surface area contributed by atoms with Crippen molar-refractivity contribution in [2.75, 3.05) is 14.2 Å². The smallest absolute Gasteiger partial charge is 0.349 e. The van der Waals surface area contributed by atoms with Gasteiger partial charge in [-0.2, -0.15) is 0 Å². The molecule has 0 unspecified atom stereocenters. The van der Waals surface area contributed by atoms with Crippen LogP contribution >= 0.6 is 0 Å². The molecule has 0 aliphatic heterocycles. The number of methoxy groups -OCH3 is 2. The van der Waals surface area contributed by atoms with Gasteiger partial charge in [-0.3, -0.25) is 4.79 Å². The predicted molar refractivity (Wildman–Crippen MR) is 105 cm³/mol. The van der Waals surface area contributed by atoms with Gasteiger partial charge in [0.25, 0.3) is 5.91 Å². The number of para-hydroxylation sites is 1. The Balaban J connectivity index is 1.68. The molecule has 6 heteroatoms. The minimum absolute atomic E-state index is 0.0538. The summed E-state index contributed by atoms with van der Waals surface area (Å²) in [6.45, 7) is 0.350. The van der Waals surface area contributed by atoms with Crippen molar-refractivity contribution in [3.63, 3.8) is 0 Å². The SMILES string of the molecule is COc1ccc(CN(C(=O)c2cc3ccccc3oc2=O)C2CC2)c(OC)c1. The Morgan fingerprint density at radius 2 is 1.89 bits per heavy atom. The monoisotopic (exact) mass is 379 g/mol. The van der Waals surface area contributed by atoms with E-state index in [1.807, 2.05) is 24.3 Å². The van der Waals surface area contributed by atoms with Crippen LogP contribution in [0.4, 0.5) is 0 Å². The van der Waals surface area contributed by atoms with Crippen molar-refractivity contribution in [2.24, 2.45) is 0 Å². The first-order valence-corrected chi connectivity index (χ1v) is 9.15. The number of ether oxygens (including phenoxy) is 2. The molecule has 144 valence electrons. The van der Waals surface area contributed by atoms with Crippen molar-refractivity contribution in [3.8, 4) is 11.5 Å². The van der Waals surface area contributed by atoms with Crippen LogP contribution in [0.3, 0.4) is 0 Å². The maximum absolute atomic E-state index is 13.2. The number of amides is 1. The lowest BCUT2D eigenvalue weighted by Crippen LogP contribution is -2.35. The second-order valence-corrected chi connectivity index (χ2v) is 6.83. The zero-order chi connectivity index (χ0) is 19.7. The topological polar surface area (TPSA) is 69.0 Å². The lowest BCUT2D eigenvalue weighted by Gasteiger charge is -2.23.